The third-order valence-corrected chi connectivity index (χ3v) is 4.16. The molecule has 140 valence electrons. The Kier molecular flexibility index (Phi) is 4.78. The molecular formula is C22H16O6. The summed E-state index contributed by atoms with van der Waals surface area (Å²) in [5, 5.41) is 2.41. The van der Waals surface area contributed by atoms with Gasteiger partial charge in [-0.3, -0.25) is 4.79 Å². The lowest BCUT2D eigenvalue weighted by Gasteiger charge is -2.08. The summed E-state index contributed by atoms with van der Waals surface area (Å²) < 4.78 is 21.1. The summed E-state index contributed by atoms with van der Waals surface area (Å²) in [5.74, 6) is 0.337. The number of rotatable bonds is 5. The number of esters is 1. The van der Waals surface area contributed by atoms with Gasteiger partial charge in [-0.2, -0.15) is 0 Å². The van der Waals surface area contributed by atoms with Gasteiger partial charge in [0, 0.05) is 13.2 Å². The van der Waals surface area contributed by atoms with Crippen molar-refractivity contribution >= 4 is 27.7 Å². The van der Waals surface area contributed by atoms with E-state index in [1.807, 2.05) is 36.4 Å². The van der Waals surface area contributed by atoms with Crippen LogP contribution in [0.15, 0.2) is 76.1 Å². The van der Waals surface area contributed by atoms with E-state index in [1.165, 1.54) is 31.6 Å². The van der Waals surface area contributed by atoms with Crippen LogP contribution in [0.4, 0.5) is 0 Å². The first kappa shape index (κ1) is 17.8. The highest BCUT2D eigenvalue weighted by Gasteiger charge is 2.12. The fourth-order valence-electron chi connectivity index (χ4n) is 2.86. The minimum Gasteiger partial charge on any atom is -0.460 e. The van der Waals surface area contributed by atoms with E-state index in [-0.39, 0.29) is 23.5 Å². The zero-order chi connectivity index (χ0) is 19.5. The molecule has 0 aliphatic heterocycles. The van der Waals surface area contributed by atoms with Crippen molar-refractivity contribution in [3.8, 4) is 17.2 Å². The fourth-order valence-corrected chi connectivity index (χ4v) is 2.86. The number of benzene rings is 3. The van der Waals surface area contributed by atoms with Gasteiger partial charge in [-0.1, -0.05) is 30.3 Å². The minimum absolute atomic E-state index is 0.0758. The Labute approximate surface area is 159 Å². The highest BCUT2D eigenvalue weighted by Crippen LogP contribution is 2.26. The molecule has 6 heteroatoms. The number of hydrogen-bond donors (Lipinski definition) is 0. The predicted octanol–water partition coefficient (Wildman–Crippen LogP) is 4.29. The molecule has 0 saturated heterocycles. The van der Waals surface area contributed by atoms with Crippen LogP contribution < -0.4 is 14.9 Å². The molecule has 4 rings (SSSR count). The van der Waals surface area contributed by atoms with E-state index >= 15 is 0 Å². The molecule has 0 aliphatic carbocycles. The molecule has 0 fully saturated rings. The zero-order valence-corrected chi connectivity index (χ0v) is 15.0. The summed E-state index contributed by atoms with van der Waals surface area (Å²) in [6.07, 6.45) is 1.25. The molecule has 0 aliphatic rings. The quantitative estimate of drug-likeness (QED) is 0.382. The van der Waals surface area contributed by atoms with Gasteiger partial charge in [0.1, 0.15) is 30.0 Å². The van der Waals surface area contributed by atoms with Crippen molar-refractivity contribution in [2.45, 2.75) is 0 Å². The maximum absolute atomic E-state index is 12.7. The maximum Gasteiger partial charge on any atom is 0.337 e. The Morgan fingerprint density at radius 1 is 0.964 bits per heavy atom. The van der Waals surface area contributed by atoms with Gasteiger partial charge in [-0.15, -0.1) is 0 Å². The lowest BCUT2D eigenvalue weighted by atomic mass is 10.1. The number of methoxy groups -OCH3 is 1. The molecule has 0 unspecified atom stereocenters. The highest BCUT2D eigenvalue weighted by molar-refractivity contribution is 5.84. The van der Waals surface area contributed by atoms with Gasteiger partial charge in [0.05, 0.1) is 5.39 Å². The van der Waals surface area contributed by atoms with Crippen LogP contribution in [0.3, 0.4) is 0 Å². The van der Waals surface area contributed by atoms with Gasteiger partial charge in [-0.05, 0) is 35.0 Å². The highest BCUT2D eigenvalue weighted by atomic mass is 16.6. The number of fused-ring (bicyclic) bond motifs is 2. The number of hydrogen-bond acceptors (Lipinski definition) is 6. The SMILES string of the molecule is COCC(=O)Oc1ccc2c(=O)c(Oc3ccc4ccccc4c3)coc2c1. The Morgan fingerprint density at radius 2 is 1.75 bits per heavy atom. The van der Waals surface area contributed by atoms with Gasteiger partial charge >= 0.3 is 5.97 Å². The Bertz CT molecular complexity index is 1220. The lowest BCUT2D eigenvalue weighted by Crippen LogP contribution is -2.14. The van der Waals surface area contributed by atoms with E-state index in [1.54, 1.807) is 6.07 Å². The topological polar surface area (TPSA) is 75.0 Å². The van der Waals surface area contributed by atoms with Crippen LogP contribution in [0.5, 0.6) is 17.2 Å². The van der Waals surface area contributed by atoms with Crippen LogP contribution in [-0.4, -0.2) is 19.7 Å². The number of ether oxygens (including phenoxy) is 3. The summed E-state index contributed by atoms with van der Waals surface area (Å²) in [6, 6.07) is 18.0. The molecule has 0 atom stereocenters. The van der Waals surface area contributed by atoms with Gasteiger partial charge in [-0.25, -0.2) is 4.79 Å². The minimum atomic E-state index is -0.541. The second-order valence-corrected chi connectivity index (χ2v) is 6.11. The first-order valence-electron chi connectivity index (χ1n) is 8.56. The van der Waals surface area contributed by atoms with Crippen LogP contribution in [0.1, 0.15) is 0 Å². The average molecular weight is 376 g/mol. The number of carbonyl (C=O) groups is 1. The van der Waals surface area contributed by atoms with Crippen molar-refractivity contribution in [3.63, 3.8) is 0 Å². The zero-order valence-electron chi connectivity index (χ0n) is 15.0. The lowest BCUT2D eigenvalue weighted by molar-refractivity contribution is -0.138. The predicted molar refractivity (Wildman–Crippen MR) is 104 cm³/mol. The van der Waals surface area contributed by atoms with Gasteiger partial charge in [0.2, 0.25) is 11.2 Å². The largest absolute Gasteiger partial charge is 0.460 e. The molecule has 0 radical (unpaired) electrons. The third kappa shape index (κ3) is 3.58. The molecule has 0 N–H and O–H groups in total. The van der Waals surface area contributed by atoms with E-state index in [9.17, 15) is 9.59 Å². The van der Waals surface area contributed by atoms with Crippen LogP contribution in [0.25, 0.3) is 21.7 Å². The molecular weight excluding hydrogens is 360 g/mol. The van der Waals surface area contributed by atoms with Crippen molar-refractivity contribution in [1.29, 1.82) is 0 Å². The molecule has 1 aromatic heterocycles. The van der Waals surface area contributed by atoms with E-state index in [4.69, 9.17) is 18.6 Å². The van der Waals surface area contributed by atoms with E-state index in [0.717, 1.165) is 10.8 Å². The summed E-state index contributed by atoms with van der Waals surface area (Å²) in [5.41, 5.74) is -0.0252. The van der Waals surface area contributed by atoms with Crippen LogP contribution in [0.2, 0.25) is 0 Å². The maximum atomic E-state index is 12.7. The summed E-state index contributed by atoms with van der Waals surface area (Å²) >= 11 is 0. The fraction of sp³-hybridized carbons (Fsp3) is 0.0909. The normalized spacial score (nSPS) is 10.9. The van der Waals surface area contributed by atoms with Crippen molar-refractivity contribution in [3.05, 3.63) is 77.2 Å². The second-order valence-electron chi connectivity index (χ2n) is 6.11. The van der Waals surface area contributed by atoms with Crippen LogP contribution >= 0.6 is 0 Å². The first-order chi connectivity index (χ1) is 13.6. The van der Waals surface area contributed by atoms with E-state index in [0.29, 0.717) is 16.7 Å². The molecule has 6 nitrogen and oxygen atoms in total. The smallest absolute Gasteiger partial charge is 0.337 e. The van der Waals surface area contributed by atoms with Crippen LogP contribution in [0, 0.1) is 0 Å². The van der Waals surface area contributed by atoms with E-state index in [2.05, 4.69) is 0 Å². The molecule has 0 amide bonds. The van der Waals surface area contributed by atoms with Crippen molar-refractivity contribution in [1.82, 2.24) is 0 Å². The van der Waals surface area contributed by atoms with Gasteiger partial charge in [0.25, 0.3) is 0 Å². The molecule has 0 saturated carbocycles. The Morgan fingerprint density at radius 3 is 2.57 bits per heavy atom. The Hall–Kier alpha value is -3.64. The second kappa shape index (κ2) is 7.54. The summed E-state index contributed by atoms with van der Waals surface area (Å²) in [6.45, 7) is -0.166. The summed E-state index contributed by atoms with van der Waals surface area (Å²) in [4.78, 5) is 24.2. The van der Waals surface area contributed by atoms with Gasteiger partial charge < -0.3 is 18.6 Å². The van der Waals surface area contributed by atoms with Crippen molar-refractivity contribution < 1.29 is 23.4 Å². The monoisotopic (exact) mass is 376 g/mol. The van der Waals surface area contributed by atoms with Gasteiger partial charge in [0.15, 0.2) is 0 Å². The molecule has 3 aromatic carbocycles. The molecule has 4 aromatic rings. The molecule has 0 spiro atoms. The van der Waals surface area contributed by atoms with Crippen LogP contribution in [-0.2, 0) is 9.53 Å². The Balaban J connectivity index is 1.63. The third-order valence-electron chi connectivity index (χ3n) is 4.16. The number of carbonyl (C=O) groups excluding carboxylic acids is 1. The first-order valence-corrected chi connectivity index (χ1v) is 8.56. The molecule has 28 heavy (non-hydrogen) atoms. The average Bonchev–Trinajstić information content (AvgIpc) is 2.70. The standard InChI is InChI=1S/C22H16O6/c1-25-13-21(23)28-17-8-9-18-19(11-17)26-12-20(22(18)24)27-16-7-6-14-4-2-3-5-15(14)10-16/h2-12H,13H2,1H3. The van der Waals surface area contributed by atoms with Crippen molar-refractivity contribution in [2.24, 2.45) is 0 Å². The summed E-state index contributed by atoms with van der Waals surface area (Å²) in [7, 11) is 1.40. The van der Waals surface area contributed by atoms with E-state index < -0.39 is 5.97 Å². The molecule has 1 heterocycles. The van der Waals surface area contributed by atoms with Crippen molar-refractivity contribution in [2.75, 3.05) is 13.7 Å². The molecule has 0 bridgehead atoms.